The quantitative estimate of drug-likeness (QED) is 0.0487. The van der Waals surface area contributed by atoms with Crippen molar-refractivity contribution >= 4 is 59.6 Å². The zero-order chi connectivity index (χ0) is 85.9. The first-order valence-corrected chi connectivity index (χ1v) is 46.5. The van der Waals surface area contributed by atoms with Gasteiger partial charge in [-0.3, -0.25) is 52.8 Å². The molecule has 12 saturated carbocycles. The van der Waals surface area contributed by atoms with Crippen LogP contribution in [0.2, 0.25) is 0 Å². The Morgan fingerprint density at radius 1 is 0.547 bits per heavy atom. The van der Waals surface area contributed by atoms with Crippen LogP contribution >= 0.6 is 0 Å². The summed E-state index contributed by atoms with van der Waals surface area (Å²) in [5.41, 5.74) is 4.35. The summed E-state index contributed by atoms with van der Waals surface area (Å²) in [6.45, 7) is 40.6. The first kappa shape index (κ1) is 92.1. The Hall–Kier alpha value is -5.62. The standard InChI is InChI=1S/C30H48O6.C26H40O4.C22H36O4.C20H29NO4/c1-17(6-11-26(31)32)23-9-10-24-22-8-7-20-16-21(36-28(35)19(3)18(2)27(33)34)12-14-29(20,4)25(22)13-15-30(23,24)5;1-16(2)19-8-10-21-20(14-19)9-11-22-25(5,12-7-13-26(21,22)6)15-30-24(29)18(4)17(3)23(27)28;1-13-8-9-16-20(4,5)17-12-22(13,16)11-10-21(17,6)26-19(24)15(3)14(2)18(23)25-7;1-12-13(2)19(24)21(18(12)23)4-3-17(22)25-11-20-8-14-5-15(9-20)7-16(6-14)10-20/h17-25H,6-16H2,1-5H3,(H,31,32)(H,33,34);9,14,16-18,21-22H,7-8,10-13,15H2,1-6H3,(H,27,28);13-17H,8-12H2,1-7H3;12-16H,3-11H2,1-2H3/t17?,18?,19?,20?,21-,22?,23?,24?,25?,29?,30?;;13?,14?,15?,16?,17-,21-,22?;/m1.1./s1. The van der Waals surface area contributed by atoms with Crippen LogP contribution in [-0.4, -0.2) is 118 Å². The normalized spacial score (nSPS) is 40.6. The second-order valence-electron chi connectivity index (χ2n) is 43.9. The summed E-state index contributed by atoms with van der Waals surface area (Å²) in [5, 5.41) is 27.6. The summed E-state index contributed by atoms with van der Waals surface area (Å²) in [7, 11) is 1.36. The fourth-order valence-electron chi connectivity index (χ4n) is 29.1. The van der Waals surface area contributed by atoms with Gasteiger partial charge in [0.05, 0.1) is 62.3 Å². The molecule has 1 aliphatic heterocycles. The van der Waals surface area contributed by atoms with Crippen molar-refractivity contribution in [3.63, 3.8) is 0 Å². The molecule has 15 aliphatic rings. The lowest BCUT2D eigenvalue weighted by molar-refractivity contribution is -0.182. The monoisotopic (exact) mass is 1630 g/mol. The number of nitrogens with zero attached hydrogens (tertiary/aromatic N) is 1. The number of hydrogen-bond acceptors (Lipinski definition) is 15. The number of aliphatic carboxylic acids is 3. The van der Waals surface area contributed by atoms with Crippen LogP contribution in [0.4, 0.5) is 0 Å². The van der Waals surface area contributed by atoms with Crippen LogP contribution in [0.5, 0.6) is 0 Å². The highest BCUT2D eigenvalue weighted by molar-refractivity contribution is 6.05. The van der Waals surface area contributed by atoms with Crippen LogP contribution in [-0.2, 0) is 71.6 Å². The van der Waals surface area contributed by atoms with Crippen LogP contribution in [0.1, 0.15) is 318 Å². The fraction of sp³-hybridized carbons (Fsp3) is 0.857. The molecule has 1 heterocycles. The second kappa shape index (κ2) is 35.7. The number of allylic oxidation sites excluding steroid dienone is 4. The van der Waals surface area contributed by atoms with Crippen LogP contribution in [0.15, 0.2) is 23.3 Å². The summed E-state index contributed by atoms with van der Waals surface area (Å²) in [5.74, 6) is 1.23. The van der Waals surface area contributed by atoms with Crippen molar-refractivity contribution in [2.24, 2.45) is 174 Å². The van der Waals surface area contributed by atoms with Gasteiger partial charge in [0.25, 0.3) is 0 Å². The third-order valence-corrected chi connectivity index (χ3v) is 36.8. The number of carboxylic acids is 3. The first-order chi connectivity index (χ1) is 54.7. The van der Waals surface area contributed by atoms with E-state index in [-0.39, 0.29) is 101 Å². The molecule has 117 heavy (non-hydrogen) atoms. The Bertz CT molecular complexity index is 3680. The molecule has 1 saturated heterocycles. The topological polar surface area (TPSA) is 281 Å². The van der Waals surface area contributed by atoms with Gasteiger partial charge in [-0.2, -0.15) is 0 Å². The number of methoxy groups -OCH3 is 1. The summed E-state index contributed by atoms with van der Waals surface area (Å²) < 4.78 is 28.2. The van der Waals surface area contributed by atoms with Crippen LogP contribution in [0, 0.1) is 174 Å². The molecule has 19 heteroatoms. The van der Waals surface area contributed by atoms with Crippen molar-refractivity contribution in [3.8, 4) is 0 Å². The lowest BCUT2D eigenvalue weighted by Gasteiger charge is -2.61. The predicted octanol–water partition coefficient (Wildman–Crippen LogP) is 19.8. The molecule has 1 spiro atoms. The van der Waals surface area contributed by atoms with Gasteiger partial charge in [-0.05, 0) is 289 Å². The van der Waals surface area contributed by atoms with Crippen molar-refractivity contribution in [2.75, 3.05) is 26.9 Å². The number of hydrogen-bond donors (Lipinski definition) is 3. The summed E-state index contributed by atoms with van der Waals surface area (Å²) in [6.07, 6.45) is 37.0. The average Bonchev–Trinajstić information content (AvgIpc) is 1.53. The third-order valence-electron chi connectivity index (χ3n) is 36.8. The Kier molecular flexibility index (Phi) is 28.1. The highest BCUT2D eigenvalue weighted by Crippen LogP contribution is 2.75. The van der Waals surface area contributed by atoms with Crippen molar-refractivity contribution in [3.05, 3.63) is 23.3 Å². The Morgan fingerprint density at radius 3 is 1.74 bits per heavy atom. The van der Waals surface area contributed by atoms with Crippen molar-refractivity contribution in [2.45, 2.75) is 329 Å². The summed E-state index contributed by atoms with van der Waals surface area (Å²) in [4.78, 5) is 121. The third kappa shape index (κ3) is 18.1. The molecule has 6 bridgehead atoms. The van der Waals surface area contributed by atoms with Crippen LogP contribution in [0.3, 0.4) is 0 Å². The predicted molar refractivity (Wildman–Crippen MR) is 447 cm³/mol. The largest absolute Gasteiger partial charge is 0.481 e. The first-order valence-electron chi connectivity index (χ1n) is 46.5. The Labute approximate surface area is 701 Å². The maximum atomic E-state index is 12.8. The van der Waals surface area contributed by atoms with Gasteiger partial charge in [-0.15, -0.1) is 0 Å². The maximum absolute atomic E-state index is 12.8. The molecule has 14 aliphatic carbocycles. The van der Waals surface area contributed by atoms with E-state index in [0.717, 1.165) is 105 Å². The van der Waals surface area contributed by atoms with Gasteiger partial charge in [-0.1, -0.05) is 149 Å². The lowest BCUT2D eigenvalue weighted by atomic mass is 9.44. The molecule has 15 rings (SSSR count). The van der Waals surface area contributed by atoms with Gasteiger partial charge >= 0.3 is 47.8 Å². The Balaban J connectivity index is 0.000000155. The average molecular weight is 1630 g/mol. The maximum Gasteiger partial charge on any atom is 0.310 e. The molecule has 19 nitrogen and oxygen atoms in total. The number of likely N-dealkylation sites (tertiary alicyclic amines) is 1. The number of fused-ring (bicyclic) bond motifs is 9. The van der Waals surface area contributed by atoms with Gasteiger partial charge in [0.1, 0.15) is 11.7 Å². The summed E-state index contributed by atoms with van der Waals surface area (Å²) >= 11 is 0. The van der Waals surface area contributed by atoms with E-state index in [2.05, 4.69) is 88.3 Å². The molecular weight excluding hydrogens is 1480 g/mol. The van der Waals surface area contributed by atoms with E-state index in [1.165, 1.54) is 133 Å². The molecule has 23 unspecified atom stereocenters. The van der Waals surface area contributed by atoms with E-state index in [1.54, 1.807) is 61.0 Å². The van der Waals surface area contributed by atoms with E-state index in [1.807, 2.05) is 0 Å². The minimum atomic E-state index is -0.955. The second-order valence-corrected chi connectivity index (χ2v) is 43.9. The molecule has 3 N–H and O–H groups in total. The smallest absolute Gasteiger partial charge is 0.310 e. The van der Waals surface area contributed by atoms with Gasteiger partial charge in [-0.25, -0.2) is 0 Å². The van der Waals surface area contributed by atoms with E-state index < -0.39 is 59.0 Å². The van der Waals surface area contributed by atoms with Gasteiger partial charge in [0.2, 0.25) is 11.8 Å². The molecular formula is C98H153NO18. The van der Waals surface area contributed by atoms with Gasteiger partial charge < -0.3 is 39.0 Å². The molecule has 0 aromatic heterocycles. The number of esters is 5. The number of carbonyl (C=O) groups excluding carboxylic acids is 7. The van der Waals surface area contributed by atoms with Crippen LogP contribution in [0.25, 0.3) is 0 Å². The van der Waals surface area contributed by atoms with Crippen molar-refractivity contribution in [1.29, 1.82) is 0 Å². The molecule has 2 amide bonds. The summed E-state index contributed by atoms with van der Waals surface area (Å²) in [6, 6.07) is 0. The lowest BCUT2D eigenvalue weighted by Crippen LogP contribution is -2.54. The van der Waals surface area contributed by atoms with Crippen molar-refractivity contribution in [1.82, 2.24) is 4.90 Å². The molecule has 658 valence electrons. The minimum absolute atomic E-state index is 0.0566. The number of amides is 2. The van der Waals surface area contributed by atoms with E-state index in [0.29, 0.717) is 70.9 Å². The number of rotatable bonds is 23. The SMILES string of the molecule is CC(C)C1=CC2=CCC3C(C)(COC(=O)C(C)C(C)C(=O)O)CCCC3(C)C2CC1.CC(CCC(=O)O)C1CCC2C3CCC4C[C@H](OC(=O)C(C)C(C)C(=O)O)CCC4(C)C3CCC12C.CC1C(=O)N(CCC(=O)OCC23CC4CC(CC(C4)C2)C3)C(=O)C1C.COC(=O)C(C)C(C)C(=O)O[C@]1(C)CCC23C[C@@H]1C(C)(C)C2CCC3C. The van der Waals surface area contributed by atoms with Crippen molar-refractivity contribution < 1.29 is 86.9 Å². The van der Waals surface area contributed by atoms with E-state index in [4.69, 9.17) is 23.7 Å². The van der Waals surface area contributed by atoms with E-state index in [9.17, 15) is 63.3 Å². The zero-order valence-electron chi connectivity index (χ0n) is 75.6. The molecule has 0 aromatic carbocycles. The zero-order valence-corrected chi connectivity index (χ0v) is 75.6. The van der Waals surface area contributed by atoms with Gasteiger partial charge in [0.15, 0.2) is 0 Å². The Morgan fingerprint density at radius 2 is 1.14 bits per heavy atom. The molecule has 13 fully saturated rings. The highest BCUT2D eigenvalue weighted by Gasteiger charge is 2.70. The molecule has 0 radical (unpaired) electrons. The number of ether oxygens (including phenoxy) is 5. The number of carbonyl (C=O) groups is 10. The highest BCUT2D eigenvalue weighted by atomic mass is 16.6. The van der Waals surface area contributed by atoms with Crippen LogP contribution < -0.4 is 0 Å². The number of carboxylic acid groups (broad SMARTS) is 3. The number of imide groups is 1. The minimum Gasteiger partial charge on any atom is -0.481 e. The molecule has 26 atom stereocenters. The fourth-order valence-corrected chi connectivity index (χ4v) is 29.1. The van der Waals surface area contributed by atoms with E-state index >= 15 is 0 Å². The molecule has 0 aromatic rings. The van der Waals surface area contributed by atoms with Gasteiger partial charge in [0, 0.05) is 41.5 Å².